The minimum Gasteiger partial charge on any atom is -0.417 e. The molecule has 0 aliphatic carbocycles. The zero-order chi connectivity index (χ0) is 11.1. The van der Waals surface area contributed by atoms with E-state index in [2.05, 4.69) is 11.4 Å². The Balaban J connectivity index is 2.37. The molecular formula is C12H13ClN2O. The lowest BCUT2D eigenvalue weighted by molar-refractivity contribution is 0.168. The lowest BCUT2D eigenvalue weighted by Gasteiger charge is -2.15. The summed E-state index contributed by atoms with van der Waals surface area (Å²) < 4.78 is 1.88. The predicted octanol–water partition coefficient (Wildman–Crippen LogP) is 2.00. The van der Waals surface area contributed by atoms with Gasteiger partial charge in [0.15, 0.2) is 0 Å². The molecule has 1 aliphatic rings. The molecule has 0 radical (unpaired) electrons. The van der Waals surface area contributed by atoms with Crippen molar-refractivity contribution in [2.75, 3.05) is 13.7 Å². The van der Waals surface area contributed by atoms with Crippen LogP contribution in [0.3, 0.4) is 0 Å². The van der Waals surface area contributed by atoms with Gasteiger partial charge in [-0.3, -0.25) is 0 Å². The van der Waals surface area contributed by atoms with E-state index in [0.29, 0.717) is 0 Å². The summed E-state index contributed by atoms with van der Waals surface area (Å²) >= 11 is 6.03. The van der Waals surface area contributed by atoms with Gasteiger partial charge in [0.25, 0.3) is 0 Å². The van der Waals surface area contributed by atoms with Gasteiger partial charge in [-0.1, -0.05) is 17.7 Å². The first-order chi connectivity index (χ1) is 7.81. The summed E-state index contributed by atoms with van der Waals surface area (Å²) in [4.78, 5) is 5.44. The third kappa shape index (κ3) is 1.32. The summed E-state index contributed by atoms with van der Waals surface area (Å²) in [5, 5.41) is 5.35. The molecule has 4 heteroatoms. The van der Waals surface area contributed by atoms with E-state index >= 15 is 0 Å². The zero-order valence-corrected chi connectivity index (χ0v) is 9.84. The Kier molecular flexibility index (Phi) is 2.30. The smallest absolute Gasteiger partial charge is 0.104 e. The topological polar surface area (TPSA) is 26.2 Å². The van der Waals surface area contributed by atoms with Gasteiger partial charge in [-0.05, 0) is 30.7 Å². The maximum atomic E-state index is 6.03. The van der Waals surface area contributed by atoms with Crippen LogP contribution in [0.15, 0.2) is 18.2 Å². The molecule has 0 fully saturated rings. The van der Waals surface area contributed by atoms with Crippen molar-refractivity contribution in [1.29, 1.82) is 0 Å². The fraction of sp³-hybridized carbons (Fsp3) is 0.333. The lowest BCUT2D eigenvalue weighted by atomic mass is 10.1. The first-order valence-corrected chi connectivity index (χ1v) is 5.76. The number of halogens is 1. The molecule has 1 aromatic carbocycles. The largest absolute Gasteiger partial charge is 0.417 e. The molecule has 0 spiro atoms. The van der Waals surface area contributed by atoms with Crippen LogP contribution in [0.25, 0.3) is 10.9 Å². The summed E-state index contributed by atoms with van der Waals surface area (Å²) in [5.74, 6) is 0. The number of hydrogen-bond acceptors (Lipinski definition) is 2. The Morgan fingerprint density at radius 1 is 1.44 bits per heavy atom. The van der Waals surface area contributed by atoms with E-state index in [1.807, 2.05) is 16.9 Å². The van der Waals surface area contributed by atoms with Crippen LogP contribution < -0.4 is 10.2 Å². The second kappa shape index (κ2) is 3.68. The van der Waals surface area contributed by atoms with Crippen LogP contribution in [0.2, 0.25) is 5.02 Å². The van der Waals surface area contributed by atoms with Gasteiger partial charge in [-0.25, -0.2) is 0 Å². The van der Waals surface area contributed by atoms with Crippen molar-refractivity contribution in [1.82, 2.24) is 10.0 Å². The number of nitrogens with zero attached hydrogens (tertiary/aromatic N) is 1. The standard InChI is InChI=1S/C12H13ClN2O/c1-16-15-11-6-8(13)2-3-9(11)10-4-5-14-7-12(10)15/h2-3,6,14H,4-5,7H2,1H3. The summed E-state index contributed by atoms with van der Waals surface area (Å²) in [6, 6.07) is 5.97. The fourth-order valence-corrected chi connectivity index (χ4v) is 2.60. The Morgan fingerprint density at radius 2 is 2.31 bits per heavy atom. The van der Waals surface area contributed by atoms with E-state index in [0.717, 1.165) is 30.0 Å². The molecule has 1 aromatic heterocycles. The van der Waals surface area contributed by atoms with E-state index in [1.54, 1.807) is 7.11 Å². The first-order valence-electron chi connectivity index (χ1n) is 5.38. The molecule has 3 nitrogen and oxygen atoms in total. The molecule has 3 rings (SSSR count). The second-order valence-corrected chi connectivity index (χ2v) is 4.43. The van der Waals surface area contributed by atoms with Crippen molar-refractivity contribution >= 4 is 22.5 Å². The highest BCUT2D eigenvalue weighted by Gasteiger charge is 2.20. The molecule has 2 heterocycles. The number of fused-ring (bicyclic) bond motifs is 3. The third-order valence-electron chi connectivity index (χ3n) is 3.12. The first kappa shape index (κ1) is 10.00. The molecule has 0 saturated carbocycles. The highest BCUT2D eigenvalue weighted by atomic mass is 35.5. The molecule has 84 valence electrons. The average Bonchev–Trinajstić information content (AvgIpc) is 2.61. The predicted molar refractivity (Wildman–Crippen MR) is 64.9 cm³/mol. The molecule has 1 N–H and O–H groups in total. The molecule has 2 aromatic rings. The van der Waals surface area contributed by atoms with Gasteiger partial charge in [0.05, 0.1) is 11.2 Å². The summed E-state index contributed by atoms with van der Waals surface area (Å²) in [6.45, 7) is 1.88. The van der Waals surface area contributed by atoms with E-state index in [-0.39, 0.29) is 0 Å². The molecule has 0 bridgehead atoms. The van der Waals surface area contributed by atoms with Crippen LogP contribution in [-0.2, 0) is 13.0 Å². The van der Waals surface area contributed by atoms with Crippen LogP contribution in [0.1, 0.15) is 11.3 Å². The maximum Gasteiger partial charge on any atom is 0.104 e. The van der Waals surface area contributed by atoms with Gasteiger partial charge in [-0.15, -0.1) is 0 Å². The summed E-state index contributed by atoms with van der Waals surface area (Å²) in [5.41, 5.74) is 3.65. The van der Waals surface area contributed by atoms with Crippen molar-refractivity contribution in [3.05, 3.63) is 34.5 Å². The summed E-state index contributed by atoms with van der Waals surface area (Å²) in [6.07, 6.45) is 1.05. The number of rotatable bonds is 1. The number of hydrogen-bond donors (Lipinski definition) is 1. The molecule has 0 unspecified atom stereocenters. The van der Waals surface area contributed by atoms with Gasteiger partial charge >= 0.3 is 0 Å². The molecule has 0 atom stereocenters. The van der Waals surface area contributed by atoms with Gasteiger partial charge in [-0.2, -0.15) is 4.73 Å². The van der Waals surface area contributed by atoms with Gasteiger partial charge in [0.2, 0.25) is 0 Å². The van der Waals surface area contributed by atoms with Crippen LogP contribution >= 0.6 is 11.6 Å². The van der Waals surface area contributed by atoms with Crippen LogP contribution in [0.5, 0.6) is 0 Å². The molecule has 0 amide bonds. The minimum absolute atomic E-state index is 0.744. The van der Waals surface area contributed by atoms with Crippen LogP contribution in [-0.4, -0.2) is 18.4 Å². The van der Waals surface area contributed by atoms with E-state index in [9.17, 15) is 0 Å². The van der Waals surface area contributed by atoms with Gasteiger partial charge in [0.1, 0.15) is 7.11 Å². The van der Waals surface area contributed by atoms with Crippen LogP contribution in [0.4, 0.5) is 0 Å². The third-order valence-corrected chi connectivity index (χ3v) is 3.36. The minimum atomic E-state index is 0.744. The number of nitrogens with one attached hydrogen (secondary N) is 1. The van der Waals surface area contributed by atoms with E-state index < -0.39 is 0 Å². The number of benzene rings is 1. The van der Waals surface area contributed by atoms with Crippen LogP contribution in [0, 0.1) is 0 Å². The molecule has 1 aliphatic heterocycles. The second-order valence-electron chi connectivity index (χ2n) is 3.99. The van der Waals surface area contributed by atoms with Gasteiger partial charge in [0, 0.05) is 17.0 Å². The average molecular weight is 237 g/mol. The van der Waals surface area contributed by atoms with Crippen molar-refractivity contribution in [2.24, 2.45) is 0 Å². The van der Waals surface area contributed by atoms with Crippen molar-refractivity contribution in [2.45, 2.75) is 13.0 Å². The van der Waals surface area contributed by atoms with Crippen molar-refractivity contribution < 1.29 is 4.84 Å². The quantitative estimate of drug-likeness (QED) is 0.820. The Labute approximate surface area is 98.9 Å². The molecule has 16 heavy (non-hydrogen) atoms. The van der Waals surface area contributed by atoms with E-state index in [4.69, 9.17) is 16.4 Å². The maximum absolute atomic E-state index is 6.03. The molecular weight excluding hydrogens is 224 g/mol. The summed E-state index contributed by atoms with van der Waals surface area (Å²) in [7, 11) is 1.69. The Bertz CT molecular complexity index is 547. The number of aromatic nitrogens is 1. The highest BCUT2D eigenvalue weighted by molar-refractivity contribution is 6.31. The Morgan fingerprint density at radius 3 is 3.12 bits per heavy atom. The van der Waals surface area contributed by atoms with E-state index in [1.165, 1.54) is 16.6 Å². The van der Waals surface area contributed by atoms with Crippen molar-refractivity contribution in [3.8, 4) is 0 Å². The fourth-order valence-electron chi connectivity index (χ4n) is 2.44. The SMILES string of the molecule is COn1c2c(c3ccc(Cl)cc31)CCNC2. The Hall–Kier alpha value is -1.19. The lowest BCUT2D eigenvalue weighted by Crippen LogP contribution is -2.26. The monoisotopic (exact) mass is 236 g/mol. The van der Waals surface area contributed by atoms with Gasteiger partial charge < -0.3 is 10.2 Å². The normalized spacial score (nSPS) is 15.1. The van der Waals surface area contributed by atoms with Crippen molar-refractivity contribution in [3.63, 3.8) is 0 Å². The zero-order valence-electron chi connectivity index (χ0n) is 9.09. The highest BCUT2D eigenvalue weighted by Crippen LogP contribution is 2.29. The molecule has 0 saturated heterocycles.